The van der Waals surface area contributed by atoms with Gasteiger partial charge in [0.25, 0.3) is 0 Å². The van der Waals surface area contributed by atoms with E-state index in [0.29, 0.717) is 35.6 Å². The van der Waals surface area contributed by atoms with Crippen LogP contribution in [0.5, 0.6) is 5.75 Å². The molecular formula is C25H34N2O4S2. The summed E-state index contributed by atoms with van der Waals surface area (Å²) in [7, 11) is -1.86. The highest BCUT2D eigenvalue weighted by molar-refractivity contribution is 7.91. The molecule has 0 saturated heterocycles. The number of amides is 1. The summed E-state index contributed by atoms with van der Waals surface area (Å²) in [6.07, 6.45) is 3.49. The van der Waals surface area contributed by atoms with Crippen LogP contribution in [0, 0.1) is 23.7 Å². The minimum atomic E-state index is -3.49. The van der Waals surface area contributed by atoms with Gasteiger partial charge in [-0.25, -0.2) is 13.1 Å². The van der Waals surface area contributed by atoms with Gasteiger partial charge in [-0.3, -0.25) is 4.79 Å². The van der Waals surface area contributed by atoms with E-state index >= 15 is 0 Å². The quantitative estimate of drug-likeness (QED) is 0.477. The molecule has 0 spiro atoms. The second-order valence-corrected chi connectivity index (χ2v) is 12.0. The zero-order chi connectivity index (χ0) is 24.0. The van der Waals surface area contributed by atoms with Crippen LogP contribution in [0.25, 0.3) is 0 Å². The number of ether oxygens (including phenoxy) is 1. The Balaban J connectivity index is 1.59. The number of carbonyl (C=O) groups excluding carboxylic acids is 1. The molecule has 0 radical (unpaired) electrons. The van der Waals surface area contributed by atoms with E-state index in [1.165, 1.54) is 11.3 Å². The number of benzene rings is 1. The molecule has 3 atom stereocenters. The van der Waals surface area contributed by atoms with Crippen molar-refractivity contribution in [3.8, 4) is 5.75 Å². The molecule has 2 aromatic rings. The van der Waals surface area contributed by atoms with Gasteiger partial charge in [0, 0.05) is 19.5 Å². The van der Waals surface area contributed by atoms with Gasteiger partial charge in [0.05, 0.1) is 7.11 Å². The lowest BCUT2D eigenvalue weighted by Crippen LogP contribution is -2.37. The highest BCUT2D eigenvalue weighted by Gasteiger charge is 2.33. The van der Waals surface area contributed by atoms with E-state index in [9.17, 15) is 13.2 Å². The average molecular weight is 491 g/mol. The lowest BCUT2D eigenvalue weighted by molar-refractivity contribution is -0.122. The van der Waals surface area contributed by atoms with Crippen LogP contribution in [0.4, 0.5) is 0 Å². The number of carbonyl (C=O) groups is 1. The van der Waals surface area contributed by atoms with Gasteiger partial charge in [0.2, 0.25) is 15.9 Å². The topological polar surface area (TPSA) is 84.5 Å². The van der Waals surface area contributed by atoms with Crippen molar-refractivity contribution in [1.82, 2.24) is 10.0 Å². The lowest BCUT2D eigenvalue weighted by atomic mass is 9.70. The van der Waals surface area contributed by atoms with Gasteiger partial charge < -0.3 is 10.1 Å². The van der Waals surface area contributed by atoms with Crippen LogP contribution in [0.1, 0.15) is 39.2 Å². The van der Waals surface area contributed by atoms with Gasteiger partial charge in [-0.1, -0.05) is 43.7 Å². The van der Waals surface area contributed by atoms with Gasteiger partial charge in [0.15, 0.2) is 0 Å². The summed E-state index contributed by atoms with van der Waals surface area (Å²) < 4.78 is 33.4. The van der Waals surface area contributed by atoms with Gasteiger partial charge in [-0.2, -0.15) is 0 Å². The van der Waals surface area contributed by atoms with E-state index in [-0.39, 0.29) is 17.7 Å². The largest absolute Gasteiger partial charge is 0.497 e. The van der Waals surface area contributed by atoms with Crippen LogP contribution in [0.2, 0.25) is 0 Å². The number of sulfonamides is 1. The summed E-state index contributed by atoms with van der Waals surface area (Å²) in [6.45, 7) is 7.25. The van der Waals surface area contributed by atoms with Crippen LogP contribution in [0.3, 0.4) is 0 Å². The molecule has 0 unspecified atom stereocenters. The van der Waals surface area contributed by atoms with Crippen LogP contribution in [0.15, 0.2) is 57.6 Å². The van der Waals surface area contributed by atoms with E-state index in [4.69, 9.17) is 4.74 Å². The van der Waals surface area contributed by atoms with E-state index in [1.54, 1.807) is 24.6 Å². The van der Waals surface area contributed by atoms with E-state index < -0.39 is 10.0 Å². The molecule has 3 rings (SSSR count). The molecule has 33 heavy (non-hydrogen) atoms. The first-order valence-corrected chi connectivity index (χ1v) is 13.7. The number of allylic oxidation sites excluding steroid dienone is 1. The van der Waals surface area contributed by atoms with Gasteiger partial charge in [-0.05, 0) is 66.2 Å². The van der Waals surface area contributed by atoms with Crippen molar-refractivity contribution in [2.75, 3.05) is 13.7 Å². The number of rotatable bonds is 10. The molecule has 6 nitrogen and oxygen atoms in total. The summed E-state index contributed by atoms with van der Waals surface area (Å²) in [5.41, 5.74) is 2.19. The zero-order valence-corrected chi connectivity index (χ0v) is 21.3. The fraction of sp³-hybridized carbons (Fsp3) is 0.480. The Morgan fingerprint density at radius 2 is 1.94 bits per heavy atom. The standard InChI is InChI=1S/C25H34N2O4S2/c1-17(2)23-13-20(14-24(28)26-15-19-7-9-22(31-4)10-8-19)18(3)12-21(23)16-27-33(29,30)25-6-5-11-32-25/h5-12,17,20-21,23,27H,13-16H2,1-4H3,(H,26,28)/t20-,21-,23-/m0/s1. The normalized spacial score (nSPS) is 21.0. The predicted octanol–water partition coefficient (Wildman–Crippen LogP) is 4.60. The molecule has 1 heterocycles. The highest BCUT2D eigenvalue weighted by atomic mass is 32.2. The smallest absolute Gasteiger partial charge is 0.250 e. The number of thiophene rings is 1. The fourth-order valence-corrected chi connectivity index (χ4v) is 6.55. The van der Waals surface area contributed by atoms with Crippen LogP contribution in [-0.2, 0) is 21.4 Å². The molecule has 2 N–H and O–H groups in total. The lowest BCUT2D eigenvalue weighted by Gasteiger charge is -2.37. The monoisotopic (exact) mass is 490 g/mol. The summed E-state index contributed by atoms with van der Waals surface area (Å²) in [4.78, 5) is 12.6. The van der Waals surface area contributed by atoms with Crippen LogP contribution >= 0.6 is 11.3 Å². The van der Waals surface area contributed by atoms with Crippen molar-refractivity contribution in [1.29, 1.82) is 0 Å². The molecular weight excluding hydrogens is 456 g/mol. The van der Waals surface area contributed by atoms with Crippen molar-refractivity contribution < 1.29 is 17.9 Å². The summed E-state index contributed by atoms with van der Waals surface area (Å²) >= 11 is 1.22. The Bertz CT molecular complexity index is 1040. The Kier molecular flexibility index (Phi) is 8.73. The van der Waals surface area contributed by atoms with Crippen LogP contribution < -0.4 is 14.8 Å². The average Bonchev–Trinajstić information content (AvgIpc) is 3.34. The zero-order valence-electron chi connectivity index (χ0n) is 19.7. The SMILES string of the molecule is COc1ccc(CNC(=O)C[C@@H]2C[C@@H](C(C)C)[C@H](CNS(=O)(=O)c3cccs3)C=C2C)cc1. The summed E-state index contributed by atoms with van der Waals surface area (Å²) in [6, 6.07) is 11.0. The maximum atomic E-state index is 12.6. The first-order valence-electron chi connectivity index (χ1n) is 11.3. The Labute approximate surface area is 201 Å². The first-order chi connectivity index (χ1) is 15.7. The van der Waals surface area contributed by atoms with Gasteiger partial charge in [0.1, 0.15) is 9.96 Å². The second-order valence-electron chi connectivity index (χ2n) is 9.03. The molecule has 1 aromatic carbocycles. The van der Waals surface area contributed by atoms with Crippen molar-refractivity contribution in [3.63, 3.8) is 0 Å². The third-order valence-corrected chi connectivity index (χ3v) is 9.25. The van der Waals surface area contributed by atoms with E-state index in [0.717, 1.165) is 23.3 Å². The van der Waals surface area contributed by atoms with Gasteiger partial charge >= 0.3 is 0 Å². The number of nitrogens with one attached hydrogen (secondary N) is 2. The molecule has 0 saturated carbocycles. The molecule has 1 aliphatic rings. The van der Waals surface area contributed by atoms with Crippen molar-refractivity contribution >= 4 is 27.3 Å². The second kappa shape index (κ2) is 11.3. The molecule has 0 bridgehead atoms. The molecule has 0 fully saturated rings. The molecule has 1 amide bonds. The maximum absolute atomic E-state index is 12.6. The van der Waals surface area contributed by atoms with E-state index in [1.807, 2.05) is 24.3 Å². The summed E-state index contributed by atoms with van der Waals surface area (Å²) in [5, 5.41) is 4.79. The van der Waals surface area contributed by atoms with E-state index in [2.05, 4.69) is 36.9 Å². The molecule has 1 aromatic heterocycles. The Morgan fingerprint density at radius 1 is 1.21 bits per heavy atom. The van der Waals surface area contributed by atoms with Gasteiger partial charge in [-0.15, -0.1) is 11.3 Å². The molecule has 180 valence electrons. The number of hydrogen-bond donors (Lipinski definition) is 2. The Hall–Kier alpha value is -2.16. The first kappa shape index (κ1) is 25.5. The minimum absolute atomic E-state index is 0.0305. The maximum Gasteiger partial charge on any atom is 0.250 e. The minimum Gasteiger partial charge on any atom is -0.497 e. The third-order valence-electron chi connectivity index (χ3n) is 6.43. The van der Waals surface area contributed by atoms with Crippen molar-refractivity contribution in [2.45, 2.75) is 44.4 Å². The number of methoxy groups -OCH3 is 1. The summed E-state index contributed by atoms with van der Waals surface area (Å²) in [5.74, 6) is 1.79. The number of hydrogen-bond acceptors (Lipinski definition) is 5. The highest BCUT2D eigenvalue weighted by Crippen LogP contribution is 2.39. The molecule has 0 aliphatic heterocycles. The van der Waals surface area contributed by atoms with Crippen molar-refractivity contribution in [2.24, 2.45) is 23.7 Å². The van der Waals surface area contributed by atoms with Crippen LogP contribution in [-0.4, -0.2) is 28.0 Å². The third kappa shape index (κ3) is 6.91. The van der Waals surface area contributed by atoms with Crippen molar-refractivity contribution in [3.05, 3.63) is 59.0 Å². The molecule has 8 heteroatoms. The Morgan fingerprint density at radius 3 is 2.55 bits per heavy atom. The molecule has 1 aliphatic carbocycles. The fourth-order valence-electron chi connectivity index (χ4n) is 4.44. The predicted molar refractivity (Wildman–Crippen MR) is 133 cm³/mol.